The second-order valence-electron chi connectivity index (χ2n) is 7.00. The number of carbonyl (C=O) groups excluding carboxylic acids is 1. The Morgan fingerprint density at radius 2 is 1.83 bits per heavy atom. The fourth-order valence-corrected chi connectivity index (χ4v) is 3.46. The fraction of sp³-hybridized carbons (Fsp3) is 0.350. The summed E-state index contributed by atoms with van der Waals surface area (Å²) in [6.45, 7) is 0. The normalized spacial score (nSPS) is 13.8. The Morgan fingerprint density at radius 3 is 2.52 bits per heavy atom. The summed E-state index contributed by atoms with van der Waals surface area (Å²) < 4.78 is 0. The highest BCUT2D eigenvalue weighted by molar-refractivity contribution is 6.12. The first-order chi connectivity index (χ1) is 13.9. The smallest absolute Gasteiger partial charge is 0.344 e. The van der Waals surface area contributed by atoms with E-state index in [0.717, 1.165) is 12.6 Å². The van der Waals surface area contributed by atoms with E-state index in [1.807, 2.05) is 0 Å². The van der Waals surface area contributed by atoms with Gasteiger partial charge < -0.3 is 20.8 Å². The van der Waals surface area contributed by atoms with Crippen LogP contribution in [0.4, 0.5) is 11.5 Å². The average Bonchev–Trinajstić information content (AvgIpc) is 3.20. The number of nitrogens with one attached hydrogen (secondary N) is 2. The van der Waals surface area contributed by atoms with Crippen LogP contribution in [0.5, 0.6) is 0 Å². The molecule has 1 aliphatic rings. The first-order valence-corrected chi connectivity index (χ1v) is 9.42. The van der Waals surface area contributed by atoms with E-state index in [4.69, 9.17) is 10.2 Å². The Hall–Kier alpha value is -3.49. The molecular weight excluding hydrogens is 376 g/mol. The van der Waals surface area contributed by atoms with Gasteiger partial charge in [-0.05, 0) is 30.5 Å². The van der Waals surface area contributed by atoms with Gasteiger partial charge in [0.25, 0.3) is 0 Å². The van der Waals surface area contributed by atoms with Crippen molar-refractivity contribution in [1.29, 1.82) is 0 Å². The number of carbonyl (C=O) groups is 3. The minimum absolute atomic E-state index is 0.0680. The molecule has 9 heteroatoms. The molecule has 0 bridgehead atoms. The van der Waals surface area contributed by atoms with Crippen molar-refractivity contribution in [2.45, 2.75) is 38.5 Å². The molecule has 0 spiro atoms. The summed E-state index contributed by atoms with van der Waals surface area (Å²) in [5.74, 6) is -2.35. The van der Waals surface area contributed by atoms with E-state index in [9.17, 15) is 14.4 Å². The number of amides is 1. The van der Waals surface area contributed by atoms with E-state index in [-0.39, 0.29) is 11.7 Å². The molecule has 1 aromatic carbocycles. The van der Waals surface area contributed by atoms with Gasteiger partial charge in [0.2, 0.25) is 5.91 Å². The molecule has 1 saturated carbocycles. The van der Waals surface area contributed by atoms with Gasteiger partial charge in [-0.25, -0.2) is 19.6 Å². The summed E-state index contributed by atoms with van der Waals surface area (Å²) in [5.41, 5.74) is 0.299. The van der Waals surface area contributed by atoms with E-state index in [1.165, 1.54) is 32.0 Å². The van der Waals surface area contributed by atoms with Crippen LogP contribution in [0.1, 0.15) is 38.5 Å². The van der Waals surface area contributed by atoms with Gasteiger partial charge in [0.15, 0.2) is 5.57 Å². The quantitative estimate of drug-likeness (QED) is 0.302. The number of hydrogen-bond acceptors (Lipinski definition) is 6. The van der Waals surface area contributed by atoms with Crippen LogP contribution in [0.25, 0.3) is 10.9 Å². The molecule has 0 unspecified atom stereocenters. The maximum atomic E-state index is 12.3. The van der Waals surface area contributed by atoms with Crippen molar-refractivity contribution in [3.8, 4) is 0 Å². The number of hydrogen-bond donors (Lipinski definition) is 4. The number of fused-ring (bicyclic) bond motifs is 1. The summed E-state index contributed by atoms with van der Waals surface area (Å²) in [6, 6.07) is 5.09. The fourth-order valence-electron chi connectivity index (χ4n) is 3.46. The van der Waals surface area contributed by atoms with Gasteiger partial charge >= 0.3 is 11.9 Å². The van der Waals surface area contributed by atoms with E-state index >= 15 is 0 Å². The second kappa shape index (κ2) is 9.13. The van der Waals surface area contributed by atoms with Crippen LogP contribution in [-0.2, 0) is 14.4 Å². The molecule has 0 saturated heterocycles. The lowest BCUT2D eigenvalue weighted by Crippen LogP contribution is -2.13. The Kier molecular flexibility index (Phi) is 6.38. The van der Waals surface area contributed by atoms with Crippen molar-refractivity contribution in [3.63, 3.8) is 0 Å². The van der Waals surface area contributed by atoms with Crippen molar-refractivity contribution in [2.24, 2.45) is 5.92 Å². The highest BCUT2D eigenvalue weighted by atomic mass is 16.4. The Labute approximate surface area is 166 Å². The van der Waals surface area contributed by atoms with E-state index < -0.39 is 17.5 Å². The largest absolute Gasteiger partial charge is 0.477 e. The zero-order valence-corrected chi connectivity index (χ0v) is 15.7. The molecule has 1 heterocycles. The van der Waals surface area contributed by atoms with Crippen molar-refractivity contribution in [3.05, 3.63) is 36.3 Å². The molecule has 2 aromatic rings. The van der Waals surface area contributed by atoms with Gasteiger partial charge in [-0.3, -0.25) is 4.79 Å². The molecule has 1 amide bonds. The van der Waals surface area contributed by atoms with Crippen LogP contribution in [0.2, 0.25) is 0 Å². The predicted octanol–water partition coefficient (Wildman–Crippen LogP) is 3.00. The molecule has 3 rings (SSSR count). The first-order valence-electron chi connectivity index (χ1n) is 9.42. The highest BCUT2D eigenvalue weighted by Gasteiger charge is 2.17. The molecule has 152 valence electrons. The lowest BCUT2D eigenvalue weighted by atomic mass is 10.0. The zero-order valence-electron chi connectivity index (χ0n) is 15.7. The predicted molar refractivity (Wildman–Crippen MR) is 106 cm³/mol. The van der Waals surface area contributed by atoms with Gasteiger partial charge in [0.1, 0.15) is 12.1 Å². The highest BCUT2D eigenvalue weighted by Crippen LogP contribution is 2.29. The van der Waals surface area contributed by atoms with Crippen LogP contribution in [-0.4, -0.2) is 38.0 Å². The van der Waals surface area contributed by atoms with Crippen LogP contribution in [0, 0.1) is 5.92 Å². The van der Waals surface area contributed by atoms with Crippen molar-refractivity contribution >= 4 is 40.3 Å². The summed E-state index contributed by atoms with van der Waals surface area (Å²) in [5, 5.41) is 23.9. The molecule has 1 aromatic heterocycles. The standard InChI is InChI=1S/C20H22N4O5/c25-17(8-5-12-3-1-2-4-12)24-13-6-7-16-14(9-13)18(23-11-22-16)21-10-15(19(26)27)20(28)29/h6-7,9-12H,1-5,8H2,(H,24,25)(H,26,27)(H,28,29)(H,21,22,23). The van der Waals surface area contributed by atoms with Gasteiger partial charge in [-0.2, -0.15) is 0 Å². The van der Waals surface area contributed by atoms with Crippen LogP contribution < -0.4 is 10.6 Å². The van der Waals surface area contributed by atoms with Crippen LogP contribution >= 0.6 is 0 Å². The van der Waals surface area contributed by atoms with Gasteiger partial charge in [0, 0.05) is 23.7 Å². The number of aliphatic carboxylic acids is 2. The molecule has 0 radical (unpaired) electrons. The summed E-state index contributed by atoms with van der Waals surface area (Å²) in [7, 11) is 0. The third-order valence-corrected chi connectivity index (χ3v) is 4.99. The number of benzene rings is 1. The molecule has 1 fully saturated rings. The number of carboxylic acid groups (broad SMARTS) is 2. The maximum absolute atomic E-state index is 12.3. The lowest BCUT2D eigenvalue weighted by molar-refractivity contribution is -0.140. The molecular formula is C20H22N4O5. The summed E-state index contributed by atoms with van der Waals surface area (Å²) in [4.78, 5) is 42.4. The number of anilines is 2. The first kappa shape index (κ1) is 20.2. The van der Waals surface area contributed by atoms with Gasteiger partial charge in [-0.1, -0.05) is 25.7 Å². The Morgan fingerprint density at radius 1 is 1.10 bits per heavy atom. The van der Waals surface area contributed by atoms with Crippen LogP contribution in [0.15, 0.2) is 36.3 Å². The monoisotopic (exact) mass is 398 g/mol. The number of rotatable bonds is 8. The van der Waals surface area contributed by atoms with E-state index in [1.54, 1.807) is 18.2 Å². The number of aromatic nitrogens is 2. The van der Waals surface area contributed by atoms with Crippen LogP contribution in [0.3, 0.4) is 0 Å². The van der Waals surface area contributed by atoms with E-state index in [0.29, 0.717) is 28.9 Å². The lowest BCUT2D eigenvalue weighted by Gasteiger charge is -2.11. The number of nitrogens with zero attached hydrogens (tertiary/aromatic N) is 2. The molecule has 9 nitrogen and oxygen atoms in total. The topological polar surface area (TPSA) is 142 Å². The Bertz CT molecular complexity index is 950. The third-order valence-electron chi connectivity index (χ3n) is 4.99. The summed E-state index contributed by atoms with van der Waals surface area (Å²) >= 11 is 0. The SMILES string of the molecule is O=C(CCC1CCCC1)Nc1ccc2ncnc(NC=C(C(=O)O)C(=O)O)c2c1. The molecule has 0 atom stereocenters. The van der Waals surface area contributed by atoms with Gasteiger partial charge in [-0.15, -0.1) is 0 Å². The van der Waals surface area contributed by atoms with Crippen molar-refractivity contribution < 1.29 is 24.6 Å². The minimum atomic E-state index is -1.57. The van der Waals surface area contributed by atoms with Crippen molar-refractivity contribution in [2.75, 3.05) is 10.6 Å². The molecule has 4 N–H and O–H groups in total. The molecule has 29 heavy (non-hydrogen) atoms. The Balaban J connectivity index is 1.75. The van der Waals surface area contributed by atoms with Crippen molar-refractivity contribution in [1.82, 2.24) is 9.97 Å². The van der Waals surface area contributed by atoms with Gasteiger partial charge in [0.05, 0.1) is 5.52 Å². The zero-order chi connectivity index (χ0) is 20.8. The average molecular weight is 398 g/mol. The third kappa shape index (κ3) is 5.28. The number of carboxylic acids is 2. The summed E-state index contributed by atoms with van der Waals surface area (Å²) in [6.07, 6.45) is 8.35. The minimum Gasteiger partial charge on any atom is -0.477 e. The molecule has 1 aliphatic carbocycles. The maximum Gasteiger partial charge on any atom is 0.344 e. The van der Waals surface area contributed by atoms with E-state index in [2.05, 4.69) is 20.6 Å². The second-order valence-corrected chi connectivity index (χ2v) is 7.00. The molecule has 0 aliphatic heterocycles.